The molecule has 6 nitrogen and oxygen atoms in total. The van der Waals surface area contributed by atoms with Crippen molar-refractivity contribution in [2.75, 3.05) is 44.2 Å². The molecule has 8 heteroatoms. The van der Waals surface area contributed by atoms with Crippen molar-refractivity contribution in [1.82, 2.24) is 9.21 Å². The van der Waals surface area contributed by atoms with E-state index in [0.29, 0.717) is 26.2 Å². The molecule has 2 saturated heterocycles. The third-order valence-electron chi connectivity index (χ3n) is 4.86. The van der Waals surface area contributed by atoms with E-state index in [0.717, 1.165) is 13.0 Å². The highest BCUT2D eigenvalue weighted by molar-refractivity contribution is 7.95. The molecule has 0 amide bonds. The van der Waals surface area contributed by atoms with Gasteiger partial charge in [-0.25, -0.2) is 16.8 Å². The van der Waals surface area contributed by atoms with Gasteiger partial charge in [0, 0.05) is 32.7 Å². The van der Waals surface area contributed by atoms with Gasteiger partial charge in [0.2, 0.25) is 10.0 Å². The van der Waals surface area contributed by atoms with E-state index >= 15 is 0 Å². The van der Waals surface area contributed by atoms with Crippen molar-refractivity contribution < 1.29 is 16.8 Å². The standard InChI is InChI=1S/C16H24N2O4S2/c19-23(20)13-7-16(14-23)24(21,22)18-11-9-17(10-12-18)8-6-15-4-2-1-3-5-15/h1-5,16H,6-14H2. The van der Waals surface area contributed by atoms with Gasteiger partial charge in [0.25, 0.3) is 0 Å². The number of sulfonamides is 1. The average Bonchev–Trinajstić information content (AvgIpc) is 2.95. The van der Waals surface area contributed by atoms with E-state index in [1.54, 1.807) is 0 Å². The molecule has 3 rings (SSSR count). The Kier molecular flexibility index (Phi) is 5.29. The molecule has 0 saturated carbocycles. The van der Waals surface area contributed by atoms with Gasteiger partial charge < -0.3 is 4.90 Å². The predicted octanol–water partition coefficient (Wildman–Crippen LogP) is 0.364. The molecule has 0 spiro atoms. The number of piperazine rings is 1. The van der Waals surface area contributed by atoms with Crippen LogP contribution in [0, 0.1) is 0 Å². The predicted molar refractivity (Wildman–Crippen MR) is 94.1 cm³/mol. The summed E-state index contributed by atoms with van der Waals surface area (Å²) in [7, 11) is -6.68. The zero-order chi connectivity index (χ0) is 17.2. The average molecular weight is 373 g/mol. The molecule has 2 aliphatic rings. The van der Waals surface area contributed by atoms with E-state index in [1.807, 2.05) is 18.2 Å². The summed E-state index contributed by atoms with van der Waals surface area (Å²) < 4.78 is 49.8. The van der Waals surface area contributed by atoms with E-state index in [1.165, 1.54) is 9.87 Å². The van der Waals surface area contributed by atoms with Crippen molar-refractivity contribution in [3.63, 3.8) is 0 Å². The van der Waals surface area contributed by atoms with Crippen molar-refractivity contribution in [2.24, 2.45) is 0 Å². The number of rotatable bonds is 5. The van der Waals surface area contributed by atoms with Gasteiger partial charge in [-0.2, -0.15) is 4.31 Å². The SMILES string of the molecule is O=S1(=O)CCC(S(=O)(=O)N2CCN(CCc3ccccc3)CC2)C1. The first kappa shape index (κ1) is 17.8. The minimum atomic E-state index is -3.50. The molecule has 1 aromatic rings. The summed E-state index contributed by atoms with van der Waals surface area (Å²) in [4.78, 5) is 2.27. The summed E-state index contributed by atoms with van der Waals surface area (Å²) in [5, 5.41) is -0.752. The smallest absolute Gasteiger partial charge is 0.218 e. The van der Waals surface area contributed by atoms with Gasteiger partial charge in [0.1, 0.15) is 0 Å². The molecule has 1 atom stereocenters. The summed E-state index contributed by atoms with van der Waals surface area (Å²) in [6, 6.07) is 10.2. The van der Waals surface area contributed by atoms with Gasteiger partial charge in [0.05, 0.1) is 16.8 Å². The van der Waals surface area contributed by atoms with Gasteiger partial charge in [-0.05, 0) is 18.4 Å². The molecule has 0 radical (unpaired) electrons. The van der Waals surface area contributed by atoms with E-state index in [4.69, 9.17) is 0 Å². The van der Waals surface area contributed by atoms with Crippen LogP contribution < -0.4 is 0 Å². The second-order valence-corrected chi connectivity index (χ2v) is 11.0. The fourth-order valence-corrected chi connectivity index (χ4v) is 7.86. The molecule has 0 aliphatic carbocycles. The molecular formula is C16H24N2O4S2. The number of nitrogens with zero attached hydrogens (tertiary/aromatic N) is 2. The quantitative estimate of drug-likeness (QED) is 0.746. The largest absolute Gasteiger partial charge is 0.300 e. The number of sulfone groups is 1. The molecule has 0 bridgehead atoms. The van der Waals surface area contributed by atoms with Crippen LogP contribution >= 0.6 is 0 Å². The molecule has 2 fully saturated rings. The minimum absolute atomic E-state index is 0.00601. The first-order chi connectivity index (χ1) is 11.4. The van der Waals surface area contributed by atoms with Crippen LogP contribution in [0.3, 0.4) is 0 Å². The summed E-state index contributed by atoms with van der Waals surface area (Å²) in [6.07, 6.45) is 1.19. The van der Waals surface area contributed by atoms with E-state index in [2.05, 4.69) is 17.0 Å². The lowest BCUT2D eigenvalue weighted by atomic mass is 10.1. The molecule has 2 heterocycles. The molecule has 0 N–H and O–H groups in total. The molecule has 1 aromatic carbocycles. The zero-order valence-corrected chi connectivity index (χ0v) is 15.3. The Labute approximate surface area is 144 Å². The molecule has 1 unspecified atom stereocenters. The minimum Gasteiger partial charge on any atom is -0.300 e. The zero-order valence-electron chi connectivity index (χ0n) is 13.7. The van der Waals surface area contributed by atoms with Crippen molar-refractivity contribution in [1.29, 1.82) is 0 Å². The van der Waals surface area contributed by atoms with Crippen LogP contribution in [0.2, 0.25) is 0 Å². The summed E-state index contributed by atoms with van der Waals surface area (Å²) in [5.41, 5.74) is 1.28. The maximum absolute atomic E-state index is 12.6. The summed E-state index contributed by atoms with van der Waals surface area (Å²) in [6.45, 7) is 3.22. The lowest BCUT2D eigenvalue weighted by molar-refractivity contribution is 0.189. The Balaban J connectivity index is 1.51. The third kappa shape index (κ3) is 4.17. The topological polar surface area (TPSA) is 74.8 Å². The molecule has 134 valence electrons. The second-order valence-electron chi connectivity index (χ2n) is 6.55. The highest BCUT2D eigenvalue weighted by Crippen LogP contribution is 2.23. The van der Waals surface area contributed by atoms with Crippen molar-refractivity contribution in [3.05, 3.63) is 35.9 Å². The number of benzene rings is 1. The van der Waals surface area contributed by atoms with Crippen LogP contribution in [0.25, 0.3) is 0 Å². The van der Waals surface area contributed by atoms with Crippen molar-refractivity contribution in [2.45, 2.75) is 18.1 Å². The monoisotopic (exact) mass is 372 g/mol. The maximum atomic E-state index is 12.6. The van der Waals surface area contributed by atoms with Crippen LogP contribution in [0.5, 0.6) is 0 Å². The summed E-state index contributed by atoms with van der Waals surface area (Å²) in [5.74, 6) is -0.225. The Bertz CT molecular complexity index is 755. The third-order valence-corrected chi connectivity index (χ3v) is 9.17. The van der Waals surface area contributed by atoms with E-state index in [9.17, 15) is 16.8 Å². The van der Waals surface area contributed by atoms with Gasteiger partial charge >= 0.3 is 0 Å². The Morgan fingerprint density at radius 1 is 1.04 bits per heavy atom. The number of hydrogen-bond acceptors (Lipinski definition) is 5. The lowest BCUT2D eigenvalue weighted by Crippen LogP contribution is -2.51. The second kappa shape index (κ2) is 7.11. The highest BCUT2D eigenvalue weighted by Gasteiger charge is 2.41. The highest BCUT2D eigenvalue weighted by atomic mass is 32.2. The fourth-order valence-electron chi connectivity index (χ4n) is 3.35. The Morgan fingerprint density at radius 2 is 1.71 bits per heavy atom. The first-order valence-corrected chi connectivity index (χ1v) is 11.6. The van der Waals surface area contributed by atoms with Gasteiger partial charge in [-0.1, -0.05) is 30.3 Å². The van der Waals surface area contributed by atoms with Crippen LogP contribution in [0.4, 0.5) is 0 Å². The van der Waals surface area contributed by atoms with Gasteiger partial charge in [-0.3, -0.25) is 0 Å². The van der Waals surface area contributed by atoms with Gasteiger partial charge in [0.15, 0.2) is 9.84 Å². The van der Waals surface area contributed by atoms with Crippen molar-refractivity contribution >= 4 is 19.9 Å². The Morgan fingerprint density at radius 3 is 2.29 bits per heavy atom. The maximum Gasteiger partial charge on any atom is 0.218 e. The van der Waals surface area contributed by atoms with Crippen molar-refractivity contribution in [3.8, 4) is 0 Å². The molecular weight excluding hydrogens is 348 g/mol. The van der Waals surface area contributed by atoms with Crippen LogP contribution in [0.15, 0.2) is 30.3 Å². The first-order valence-electron chi connectivity index (χ1n) is 8.32. The summed E-state index contributed by atoms with van der Waals surface area (Å²) >= 11 is 0. The fraction of sp³-hybridized carbons (Fsp3) is 0.625. The normalized spacial score (nSPS) is 25.8. The number of hydrogen-bond donors (Lipinski definition) is 0. The molecule has 24 heavy (non-hydrogen) atoms. The van der Waals surface area contributed by atoms with E-state index in [-0.39, 0.29) is 17.9 Å². The lowest BCUT2D eigenvalue weighted by Gasteiger charge is -2.35. The van der Waals surface area contributed by atoms with Crippen LogP contribution in [-0.2, 0) is 26.3 Å². The van der Waals surface area contributed by atoms with Crippen LogP contribution in [-0.4, -0.2) is 75.5 Å². The molecule has 0 aromatic heterocycles. The molecule has 2 aliphatic heterocycles. The van der Waals surface area contributed by atoms with Gasteiger partial charge in [-0.15, -0.1) is 0 Å². The Hall–Kier alpha value is -0.960. The van der Waals surface area contributed by atoms with E-state index < -0.39 is 25.1 Å². The van der Waals surface area contributed by atoms with Crippen LogP contribution in [0.1, 0.15) is 12.0 Å².